The Morgan fingerprint density at radius 3 is 2.53 bits per heavy atom. The second-order valence-corrected chi connectivity index (χ2v) is 5.20. The van der Waals surface area contributed by atoms with E-state index < -0.39 is 0 Å². The Morgan fingerprint density at radius 2 is 2.00 bits per heavy atom. The molecule has 1 heterocycles. The molecule has 3 heteroatoms. The van der Waals surface area contributed by atoms with Gasteiger partial charge in [-0.25, -0.2) is 4.79 Å². The number of hydrogen-bond acceptors (Lipinski definition) is 1. The smallest absolute Gasteiger partial charge is 0.317 e. The number of urea groups is 1. The van der Waals surface area contributed by atoms with E-state index in [4.69, 9.17) is 0 Å². The summed E-state index contributed by atoms with van der Waals surface area (Å²) in [5.74, 6) is 1.36. The van der Waals surface area contributed by atoms with Gasteiger partial charge in [-0.1, -0.05) is 13.8 Å². The Kier molecular flexibility index (Phi) is 4.43. The van der Waals surface area contributed by atoms with Crippen molar-refractivity contribution in [3.8, 4) is 0 Å². The highest BCUT2D eigenvalue weighted by Gasteiger charge is 2.25. The van der Waals surface area contributed by atoms with Crippen molar-refractivity contribution in [1.29, 1.82) is 0 Å². The van der Waals surface area contributed by atoms with Crippen molar-refractivity contribution in [3.63, 3.8) is 0 Å². The zero-order valence-corrected chi connectivity index (χ0v) is 10.4. The molecule has 0 bridgehead atoms. The van der Waals surface area contributed by atoms with Gasteiger partial charge in [-0.3, -0.25) is 0 Å². The van der Waals surface area contributed by atoms with E-state index in [0.29, 0.717) is 11.8 Å². The molecular formula is C12H24N2O. The summed E-state index contributed by atoms with van der Waals surface area (Å²) in [5, 5.41) is 2.96. The van der Waals surface area contributed by atoms with E-state index in [1.807, 2.05) is 18.7 Å². The third kappa shape index (κ3) is 3.73. The maximum atomic E-state index is 11.8. The van der Waals surface area contributed by atoms with Crippen LogP contribution >= 0.6 is 0 Å². The summed E-state index contributed by atoms with van der Waals surface area (Å²) in [6, 6.07) is 0.340. The first kappa shape index (κ1) is 12.3. The number of likely N-dealkylation sites (tertiary alicyclic amines) is 1. The molecule has 3 nitrogen and oxygen atoms in total. The fourth-order valence-corrected chi connectivity index (χ4v) is 2.08. The molecule has 15 heavy (non-hydrogen) atoms. The van der Waals surface area contributed by atoms with Gasteiger partial charge < -0.3 is 10.2 Å². The van der Waals surface area contributed by atoms with Crippen LogP contribution in [0.15, 0.2) is 0 Å². The first-order valence-electron chi connectivity index (χ1n) is 6.06. The molecule has 1 N–H and O–H groups in total. The van der Waals surface area contributed by atoms with Gasteiger partial charge >= 0.3 is 6.03 Å². The average molecular weight is 212 g/mol. The van der Waals surface area contributed by atoms with Crippen molar-refractivity contribution in [1.82, 2.24) is 10.2 Å². The summed E-state index contributed by atoms with van der Waals surface area (Å²) < 4.78 is 0. The first-order chi connectivity index (χ1) is 7.00. The zero-order valence-electron chi connectivity index (χ0n) is 10.4. The van der Waals surface area contributed by atoms with Crippen molar-refractivity contribution < 1.29 is 4.79 Å². The number of amides is 2. The Morgan fingerprint density at radius 1 is 1.33 bits per heavy atom. The van der Waals surface area contributed by atoms with Gasteiger partial charge in [-0.05, 0) is 38.5 Å². The standard InChI is InChI=1S/C12H24N2O/c1-9(2)11-6-5-7-14(8-11)12(15)13-10(3)4/h9-11H,5-8H2,1-4H3,(H,13,15)/t11-/m0/s1. The van der Waals surface area contributed by atoms with Gasteiger partial charge in [-0.2, -0.15) is 0 Å². The molecule has 1 aliphatic heterocycles. The lowest BCUT2D eigenvalue weighted by atomic mass is 9.88. The van der Waals surface area contributed by atoms with Crippen LogP contribution in [-0.4, -0.2) is 30.1 Å². The number of nitrogens with zero attached hydrogens (tertiary/aromatic N) is 1. The molecule has 1 aliphatic rings. The van der Waals surface area contributed by atoms with Crippen LogP contribution in [0.5, 0.6) is 0 Å². The maximum Gasteiger partial charge on any atom is 0.317 e. The second kappa shape index (κ2) is 5.38. The van der Waals surface area contributed by atoms with E-state index in [2.05, 4.69) is 19.2 Å². The third-order valence-electron chi connectivity index (χ3n) is 3.10. The normalized spacial score (nSPS) is 22.3. The van der Waals surface area contributed by atoms with Crippen molar-refractivity contribution in [2.75, 3.05) is 13.1 Å². The Balaban J connectivity index is 2.45. The predicted molar refractivity (Wildman–Crippen MR) is 62.8 cm³/mol. The topological polar surface area (TPSA) is 32.3 Å². The SMILES string of the molecule is CC(C)NC(=O)N1CCC[C@H](C(C)C)C1. The molecule has 0 aromatic heterocycles. The van der Waals surface area contributed by atoms with Crippen LogP contribution in [0.4, 0.5) is 4.79 Å². The van der Waals surface area contributed by atoms with Crippen molar-refractivity contribution >= 4 is 6.03 Å². The van der Waals surface area contributed by atoms with Gasteiger partial charge in [0.2, 0.25) is 0 Å². The number of carbonyl (C=O) groups excluding carboxylic acids is 1. The van der Waals surface area contributed by atoms with Crippen molar-refractivity contribution in [3.05, 3.63) is 0 Å². The summed E-state index contributed by atoms with van der Waals surface area (Å²) >= 11 is 0. The zero-order chi connectivity index (χ0) is 11.4. The monoisotopic (exact) mass is 212 g/mol. The van der Waals surface area contributed by atoms with E-state index >= 15 is 0 Å². The van der Waals surface area contributed by atoms with Crippen LogP contribution < -0.4 is 5.32 Å². The molecule has 1 rings (SSSR count). The van der Waals surface area contributed by atoms with Crippen LogP contribution in [0, 0.1) is 11.8 Å². The summed E-state index contributed by atoms with van der Waals surface area (Å²) in [5.41, 5.74) is 0. The van der Waals surface area contributed by atoms with Crippen LogP contribution in [-0.2, 0) is 0 Å². The van der Waals surface area contributed by atoms with Crippen LogP contribution in [0.25, 0.3) is 0 Å². The van der Waals surface area contributed by atoms with Crippen molar-refractivity contribution in [2.24, 2.45) is 11.8 Å². The quantitative estimate of drug-likeness (QED) is 0.749. The summed E-state index contributed by atoms with van der Waals surface area (Å²) in [6.45, 7) is 10.3. The third-order valence-corrected chi connectivity index (χ3v) is 3.10. The lowest BCUT2D eigenvalue weighted by Crippen LogP contribution is -2.48. The fourth-order valence-electron chi connectivity index (χ4n) is 2.08. The van der Waals surface area contributed by atoms with E-state index in [1.165, 1.54) is 6.42 Å². The van der Waals surface area contributed by atoms with E-state index in [1.54, 1.807) is 0 Å². The molecule has 88 valence electrons. The molecule has 0 aromatic carbocycles. The first-order valence-corrected chi connectivity index (χ1v) is 6.06. The summed E-state index contributed by atoms with van der Waals surface area (Å²) in [4.78, 5) is 13.8. The molecule has 1 saturated heterocycles. The minimum atomic E-state index is 0.107. The minimum absolute atomic E-state index is 0.107. The van der Waals surface area contributed by atoms with Gasteiger partial charge in [0, 0.05) is 19.1 Å². The molecular weight excluding hydrogens is 188 g/mol. The van der Waals surface area contributed by atoms with E-state index in [9.17, 15) is 4.79 Å². The minimum Gasteiger partial charge on any atom is -0.336 e. The van der Waals surface area contributed by atoms with Gasteiger partial charge in [0.15, 0.2) is 0 Å². The number of nitrogens with one attached hydrogen (secondary N) is 1. The van der Waals surface area contributed by atoms with Gasteiger partial charge in [0.05, 0.1) is 0 Å². The average Bonchev–Trinajstić information content (AvgIpc) is 2.17. The van der Waals surface area contributed by atoms with Gasteiger partial charge in [0.1, 0.15) is 0 Å². The molecule has 0 saturated carbocycles. The number of hydrogen-bond donors (Lipinski definition) is 1. The Labute approximate surface area is 93.2 Å². The molecule has 0 spiro atoms. The number of carbonyl (C=O) groups is 1. The lowest BCUT2D eigenvalue weighted by Gasteiger charge is -2.35. The van der Waals surface area contributed by atoms with Crippen LogP contribution in [0.3, 0.4) is 0 Å². The summed E-state index contributed by atoms with van der Waals surface area (Å²) in [6.07, 6.45) is 2.41. The molecule has 0 radical (unpaired) electrons. The van der Waals surface area contributed by atoms with Crippen LogP contribution in [0.2, 0.25) is 0 Å². The predicted octanol–water partition coefficient (Wildman–Crippen LogP) is 2.47. The molecule has 1 atom stereocenters. The second-order valence-electron chi connectivity index (χ2n) is 5.20. The number of piperidine rings is 1. The summed E-state index contributed by atoms with van der Waals surface area (Å²) in [7, 11) is 0. The van der Waals surface area contributed by atoms with Crippen molar-refractivity contribution in [2.45, 2.75) is 46.6 Å². The molecule has 0 aromatic rings. The van der Waals surface area contributed by atoms with Gasteiger partial charge in [0.25, 0.3) is 0 Å². The molecule has 1 fully saturated rings. The highest BCUT2D eigenvalue weighted by Crippen LogP contribution is 2.23. The Hall–Kier alpha value is -0.730. The number of rotatable bonds is 2. The highest BCUT2D eigenvalue weighted by atomic mass is 16.2. The molecule has 0 aliphatic carbocycles. The molecule has 0 unspecified atom stereocenters. The van der Waals surface area contributed by atoms with Gasteiger partial charge in [-0.15, -0.1) is 0 Å². The van der Waals surface area contributed by atoms with E-state index in [0.717, 1.165) is 19.5 Å². The lowest BCUT2D eigenvalue weighted by molar-refractivity contribution is 0.147. The largest absolute Gasteiger partial charge is 0.336 e. The molecule has 2 amide bonds. The highest BCUT2D eigenvalue weighted by molar-refractivity contribution is 5.74. The van der Waals surface area contributed by atoms with Crippen LogP contribution in [0.1, 0.15) is 40.5 Å². The Bertz CT molecular complexity index is 214. The fraction of sp³-hybridized carbons (Fsp3) is 0.917. The maximum absolute atomic E-state index is 11.8. The van der Waals surface area contributed by atoms with E-state index in [-0.39, 0.29) is 12.1 Å².